The minimum atomic E-state index is -1.18. The molecule has 0 bridgehead atoms. The van der Waals surface area contributed by atoms with E-state index in [4.69, 9.17) is 17.3 Å². The average Bonchev–Trinajstić information content (AvgIpc) is 3.44. The fourth-order valence-electron chi connectivity index (χ4n) is 3.23. The van der Waals surface area contributed by atoms with Gasteiger partial charge in [-0.05, 0) is 11.3 Å². The highest BCUT2D eigenvalue weighted by Crippen LogP contribution is 2.42. The number of nitrogens with one attached hydrogen (secondary N) is 1. The number of halogens is 2. The van der Waals surface area contributed by atoms with Crippen LogP contribution in [-0.2, 0) is 14.4 Å². The Morgan fingerprint density at radius 2 is 2.09 bits per heavy atom. The van der Waals surface area contributed by atoms with E-state index in [1.165, 1.54) is 39.8 Å². The summed E-state index contributed by atoms with van der Waals surface area (Å²) >= 11 is 12.8. The molecule has 2 amide bonds. The Kier molecular flexibility index (Phi) is 9.76. The van der Waals surface area contributed by atoms with Crippen molar-refractivity contribution in [2.45, 2.75) is 27.0 Å². The fraction of sp³-hybridized carbons (Fsp3) is 0.333. The summed E-state index contributed by atoms with van der Waals surface area (Å²) in [4.78, 5) is 42.9. The van der Waals surface area contributed by atoms with Gasteiger partial charge < -0.3 is 16.2 Å². The SMILES string of the molecule is CCSc1nnc(SCC2=C(C(=O)O)N3C(=O)C(NC(=O)C(=CCl)c4csc(N)n4)[C@H]3SC2)s1.Cl. The molecule has 4 N–H and O–H groups in total. The van der Waals surface area contributed by atoms with E-state index in [0.717, 1.165) is 31.3 Å². The third-order valence-corrected chi connectivity index (χ3v) is 10.1. The number of carbonyl (C=O) groups excluding carboxylic acids is 2. The second-order valence-electron chi connectivity index (χ2n) is 6.77. The maximum atomic E-state index is 12.9. The van der Waals surface area contributed by atoms with E-state index in [2.05, 4.69) is 20.5 Å². The highest BCUT2D eigenvalue weighted by Gasteiger charge is 2.54. The Morgan fingerprint density at radius 1 is 1.37 bits per heavy atom. The molecule has 2 aliphatic heterocycles. The van der Waals surface area contributed by atoms with Gasteiger partial charge in [-0.25, -0.2) is 9.78 Å². The summed E-state index contributed by atoms with van der Waals surface area (Å²) in [6, 6.07) is -0.875. The topological polar surface area (TPSA) is 151 Å². The van der Waals surface area contributed by atoms with Crippen molar-refractivity contribution in [2.24, 2.45) is 0 Å². The van der Waals surface area contributed by atoms with Gasteiger partial charge in [0, 0.05) is 22.4 Å². The first-order valence-corrected chi connectivity index (χ1v) is 14.8. The molecular weight excluding hydrogens is 595 g/mol. The summed E-state index contributed by atoms with van der Waals surface area (Å²) in [6.07, 6.45) is 0. The molecule has 17 heteroatoms. The van der Waals surface area contributed by atoms with Gasteiger partial charge in [-0.15, -0.1) is 45.7 Å². The first-order valence-electron chi connectivity index (χ1n) is 9.65. The number of rotatable bonds is 9. The lowest BCUT2D eigenvalue weighted by atomic mass is 10.0. The van der Waals surface area contributed by atoms with E-state index in [9.17, 15) is 19.5 Å². The fourth-order valence-corrected chi connectivity index (χ4v) is 8.41. The minimum Gasteiger partial charge on any atom is -0.477 e. The van der Waals surface area contributed by atoms with Crippen molar-refractivity contribution >= 4 is 110 Å². The standard InChI is InChI=1S/C18H17ClN6O4S5.ClH/c1-2-30-17-23-24-18(34-17)33-5-7-4-31-14-10(13(27)25(14)11(7)15(28)29)22-12(26)8(3-19)9-6-32-16(20)21-9;/h3,6,10,14H,2,4-5H2,1H3,(H2,20,21)(H,22,26)(H,28,29);1H/t10?,14-;/m1./s1. The number of nitrogens with two attached hydrogens (primary N) is 1. The Labute approximate surface area is 232 Å². The molecule has 4 heterocycles. The van der Waals surface area contributed by atoms with E-state index in [0.29, 0.717) is 22.8 Å². The van der Waals surface area contributed by atoms with E-state index >= 15 is 0 Å². The van der Waals surface area contributed by atoms with Crippen LogP contribution in [0.3, 0.4) is 0 Å². The summed E-state index contributed by atoms with van der Waals surface area (Å²) < 4.78 is 1.60. The number of anilines is 1. The quantitative estimate of drug-likeness (QED) is 0.217. The van der Waals surface area contributed by atoms with Gasteiger partial charge in [0.2, 0.25) is 0 Å². The molecule has 1 unspecified atom stereocenters. The van der Waals surface area contributed by atoms with Crippen LogP contribution in [0.15, 0.2) is 30.9 Å². The number of nitrogens with zero attached hydrogens (tertiary/aromatic N) is 4. The number of thiazole rings is 1. The van der Waals surface area contributed by atoms with Gasteiger partial charge in [0.25, 0.3) is 11.8 Å². The van der Waals surface area contributed by atoms with Crippen molar-refractivity contribution in [1.29, 1.82) is 0 Å². The number of carboxylic acid groups (broad SMARTS) is 1. The van der Waals surface area contributed by atoms with Gasteiger partial charge in [-0.3, -0.25) is 14.5 Å². The number of thioether (sulfide) groups is 3. The molecule has 2 atom stereocenters. The van der Waals surface area contributed by atoms with E-state index in [1.807, 2.05) is 6.92 Å². The van der Waals surface area contributed by atoms with Crippen molar-refractivity contribution in [3.05, 3.63) is 27.9 Å². The average molecular weight is 614 g/mol. The minimum absolute atomic E-state index is 0. The predicted octanol–water partition coefficient (Wildman–Crippen LogP) is 3.22. The Hall–Kier alpha value is -1.49. The molecule has 2 aromatic heterocycles. The lowest BCUT2D eigenvalue weighted by Crippen LogP contribution is -2.70. The second kappa shape index (κ2) is 12.2. The number of fused-ring (bicyclic) bond motifs is 1. The van der Waals surface area contributed by atoms with Gasteiger partial charge in [0.1, 0.15) is 17.1 Å². The van der Waals surface area contributed by atoms with E-state index in [-0.39, 0.29) is 28.8 Å². The van der Waals surface area contributed by atoms with Gasteiger partial charge >= 0.3 is 5.97 Å². The normalized spacial score (nSPS) is 19.7. The Morgan fingerprint density at radius 3 is 2.69 bits per heavy atom. The van der Waals surface area contributed by atoms with Crippen molar-refractivity contribution < 1.29 is 19.5 Å². The van der Waals surface area contributed by atoms with Gasteiger partial charge in [-0.1, -0.05) is 53.4 Å². The molecule has 188 valence electrons. The van der Waals surface area contributed by atoms with Crippen LogP contribution in [0.1, 0.15) is 12.6 Å². The molecule has 1 fully saturated rings. The summed E-state index contributed by atoms with van der Waals surface area (Å²) in [5.74, 6) is -0.588. The molecule has 2 aromatic rings. The number of aromatic nitrogens is 3. The van der Waals surface area contributed by atoms with Crippen LogP contribution in [0.5, 0.6) is 0 Å². The van der Waals surface area contributed by atoms with E-state index in [1.54, 1.807) is 17.1 Å². The number of β-lactam (4-membered cyclic amide) rings is 1. The third-order valence-electron chi connectivity index (χ3n) is 4.71. The van der Waals surface area contributed by atoms with Crippen LogP contribution in [0.25, 0.3) is 5.57 Å². The molecule has 2 aliphatic rings. The zero-order valence-corrected chi connectivity index (χ0v) is 23.5. The van der Waals surface area contributed by atoms with Crippen LogP contribution in [0.4, 0.5) is 5.13 Å². The van der Waals surface area contributed by atoms with Crippen LogP contribution in [-0.4, -0.2) is 71.6 Å². The van der Waals surface area contributed by atoms with Crippen molar-refractivity contribution in [2.75, 3.05) is 23.0 Å². The number of aliphatic carboxylic acids is 1. The summed E-state index contributed by atoms with van der Waals surface area (Å²) in [5.41, 5.74) is 7.66. The molecule has 4 rings (SSSR count). The van der Waals surface area contributed by atoms with Crippen LogP contribution in [0, 0.1) is 0 Å². The first-order chi connectivity index (χ1) is 16.3. The molecule has 0 spiro atoms. The summed E-state index contributed by atoms with van der Waals surface area (Å²) in [5, 5.41) is 22.1. The zero-order valence-electron chi connectivity index (χ0n) is 17.8. The van der Waals surface area contributed by atoms with Crippen LogP contribution < -0.4 is 11.1 Å². The van der Waals surface area contributed by atoms with Crippen LogP contribution >= 0.6 is 82.0 Å². The van der Waals surface area contributed by atoms with Crippen molar-refractivity contribution in [1.82, 2.24) is 25.4 Å². The predicted molar refractivity (Wildman–Crippen MR) is 144 cm³/mol. The molecule has 35 heavy (non-hydrogen) atoms. The molecule has 0 radical (unpaired) electrons. The monoisotopic (exact) mass is 612 g/mol. The lowest BCUT2D eigenvalue weighted by Gasteiger charge is -2.49. The Bertz CT molecular complexity index is 1200. The Balaban J connectivity index is 0.00000342. The number of hydrogen-bond acceptors (Lipinski definition) is 12. The number of carboxylic acids is 1. The number of hydrogen-bond donors (Lipinski definition) is 3. The molecular formula is C18H18Cl2N6O4S5. The first kappa shape index (κ1) is 28.1. The summed E-state index contributed by atoms with van der Waals surface area (Å²) in [6.45, 7) is 2.03. The number of carbonyl (C=O) groups is 3. The number of amides is 2. The summed E-state index contributed by atoms with van der Waals surface area (Å²) in [7, 11) is 0. The molecule has 0 saturated carbocycles. The van der Waals surface area contributed by atoms with Crippen molar-refractivity contribution in [3.63, 3.8) is 0 Å². The zero-order chi connectivity index (χ0) is 24.4. The molecule has 0 aromatic carbocycles. The molecule has 10 nitrogen and oxygen atoms in total. The smallest absolute Gasteiger partial charge is 0.352 e. The van der Waals surface area contributed by atoms with Gasteiger partial charge in [0.05, 0.1) is 11.3 Å². The highest BCUT2D eigenvalue weighted by molar-refractivity contribution is 8.03. The van der Waals surface area contributed by atoms with Gasteiger partial charge in [-0.2, -0.15) is 0 Å². The maximum absolute atomic E-state index is 12.9. The molecule has 0 aliphatic carbocycles. The highest BCUT2D eigenvalue weighted by atomic mass is 35.5. The molecule has 1 saturated heterocycles. The largest absolute Gasteiger partial charge is 0.477 e. The second-order valence-corrected chi connectivity index (χ2v) is 12.7. The maximum Gasteiger partial charge on any atom is 0.352 e. The van der Waals surface area contributed by atoms with Gasteiger partial charge in [0.15, 0.2) is 13.8 Å². The third kappa shape index (κ3) is 5.92. The van der Waals surface area contributed by atoms with Crippen LogP contribution in [0.2, 0.25) is 0 Å². The van der Waals surface area contributed by atoms with Crippen molar-refractivity contribution in [3.8, 4) is 0 Å². The van der Waals surface area contributed by atoms with E-state index < -0.39 is 29.2 Å². The lowest BCUT2D eigenvalue weighted by molar-refractivity contribution is -0.150. The number of nitrogen functional groups attached to an aromatic ring is 1.